The molecule has 0 radical (unpaired) electrons. The molecule has 2 rings (SSSR count). The summed E-state index contributed by atoms with van der Waals surface area (Å²) in [7, 11) is 0. The van der Waals surface area contributed by atoms with E-state index in [1.54, 1.807) is 26.8 Å². The van der Waals surface area contributed by atoms with Gasteiger partial charge in [0.15, 0.2) is 0 Å². The van der Waals surface area contributed by atoms with Gasteiger partial charge in [-0.3, -0.25) is 14.9 Å². The van der Waals surface area contributed by atoms with Gasteiger partial charge in [0.1, 0.15) is 11.0 Å². The summed E-state index contributed by atoms with van der Waals surface area (Å²) in [4.78, 5) is 31.6. The van der Waals surface area contributed by atoms with E-state index >= 15 is 0 Å². The summed E-state index contributed by atoms with van der Waals surface area (Å²) >= 11 is 0. The number of H-pyrrole nitrogens is 1. The summed E-state index contributed by atoms with van der Waals surface area (Å²) in [6.07, 6.45) is -0.340. The van der Waals surface area contributed by atoms with Crippen LogP contribution in [0.1, 0.15) is 34.1 Å². The first kappa shape index (κ1) is 17.5. The molecular weight excluding hydrogens is 308 g/mol. The Labute approximate surface area is 140 Å². The number of aromatic nitrogens is 2. The van der Waals surface area contributed by atoms with Crippen molar-refractivity contribution in [1.29, 1.82) is 5.26 Å². The maximum absolute atomic E-state index is 12.4. The predicted octanol–water partition coefficient (Wildman–Crippen LogP) is 2.76. The summed E-state index contributed by atoms with van der Waals surface area (Å²) in [6, 6.07) is 9.18. The summed E-state index contributed by atoms with van der Waals surface area (Å²) in [5.74, 6) is -0.993. The third kappa shape index (κ3) is 4.10. The first-order chi connectivity index (χ1) is 11.1. The SMILES string of the molecule is CC(C)(C)OC(=O)CC(C)(C#N)C(=O)Nc1nc2ccccc2[nH]1. The average molecular weight is 328 g/mol. The first-order valence-electron chi connectivity index (χ1n) is 7.52. The minimum absolute atomic E-state index is 0.229. The van der Waals surface area contributed by atoms with Gasteiger partial charge in [0.25, 0.3) is 0 Å². The van der Waals surface area contributed by atoms with Gasteiger partial charge in [0.2, 0.25) is 11.9 Å². The zero-order valence-electron chi connectivity index (χ0n) is 14.1. The summed E-state index contributed by atoms with van der Waals surface area (Å²) < 4.78 is 5.19. The maximum Gasteiger partial charge on any atom is 0.308 e. The number of imidazole rings is 1. The molecule has 126 valence electrons. The van der Waals surface area contributed by atoms with E-state index < -0.39 is 22.9 Å². The average Bonchev–Trinajstić information content (AvgIpc) is 2.87. The Hall–Kier alpha value is -2.88. The Bertz CT molecular complexity index is 780. The lowest BCUT2D eigenvalue weighted by atomic mass is 9.87. The number of aromatic amines is 1. The van der Waals surface area contributed by atoms with Gasteiger partial charge < -0.3 is 9.72 Å². The fourth-order valence-electron chi connectivity index (χ4n) is 2.09. The second-order valence-corrected chi connectivity index (χ2v) is 6.76. The fraction of sp³-hybridized carbons (Fsp3) is 0.412. The normalized spacial score (nSPS) is 13.8. The molecule has 7 nitrogen and oxygen atoms in total. The van der Waals surface area contributed by atoms with E-state index in [4.69, 9.17) is 4.74 Å². The van der Waals surface area contributed by atoms with E-state index in [-0.39, 0.29) is 12.4 Å². The molecule has 0 bridgehead atoms. The van der Waals surface area contributed by atoms with E-state index in [0.29, 0.717) is 5.52 Å². The van der Waals surface area contributed by atoms with Crippen molar-refractivity contribution >= 4 is 28.9 Å². The number of nitrogens with zero attached hydrogens (tertiary/aromatic N) is 2. The van der Waals surface area contributed by atoms with Gasteiger partial charge >= 0.3 is 5.97 Å². The van der Waals surface area contributed by atoms with Crippen LogP contribution in [0.15, 0.2) is 24.3 Å². The van der Waals surface area contributed by atoms with Crippen molar-refractivity contribution in [3.63, 3.8) is 0 Å². The lowest BCUT2D eigenvalue weighted by Gasteiger charge is -2.23. The smallest absolute Gasteiger partial charge is 0.308 e. The molecule has 0 saturated heterocycles. The van der Waals surface area contributed by atoms with Gasteiger partial charge in [-0.2, -0.15) is 5.26 Å². The molecule has 0 fully saturated rings. The Morgan fingerprint density at radius 2 is 1.96 bits per heavy atom. The van der Waals surface area contributed by atoms with Gasteiger partial charge in [-0.05, 0) is 39.8 Å². The van der Waals surface area contributed by atoms with E-state index in [0.717, 1.165) is 5.52 Å². The minimum Gasteiger partial charge on any atom is -0.460 e. The number of rotatable bonds is 4. The Morgan fingerprint density at radius 1 is 1.29 bits per heavy atom. The molecule has 2 N–H and O–H groups in total. The molecule has 0 aliphatic rings. The monoisotopic (exact) mass is 328 g/mol. The van der Waals surface area contributed by atoms with Crippen molar-refractivity contribution in [2.24, 2.45) is 5.41 Å². The number of ether oxygens (including phenoxy) is 1. The number of hydrogen-bond donors (Lipinski definition) is 2. The molecule has 0 aliphatic carbocycles. The van der Waals surface area contributed by atoms with E-state index in [1.165, 1.54) is 6.92 Å². The quantitative estimate of drug-likeness (QED) is 0.839. The molecule has 1 atom stereocenters. The molecule has 2 aromatic rings. The van der Waals surface area contributed by atoms with E-state index in [1.807, 2.05) is 24.3 Å². The lowest BCUT2D eigenvalue weighted by molar-refractivity contribution is -0.158. The van der Waals surface area contributed by atoms with Crippen molar-refractivity contribution < 1.29 is 14.3 Å². The van der Waals surface area contributed by atoms with Crippen molar-refractivity contribution in [1.82, 2.24) is 9.97 Å². The van der Waals surface area contributed by atoms with Crippen molar-refractivity contribution in [3.05, 3.63) is 24.3 Å². The molecule has 0 aliphatic heterocycles. The molecule has 0 saturated carbocycles. The number of anilines is 1. The van der Waals surface area contributed by atoms with Crippen molar-refractivity contribution in [3.8, 4) is 6.07 Å². The van der Waals surface area contributed by atoms with Crippen molar-refractivity contribution in [2.45, 2.75) is 39.7 Å². The largest absolute Gasteiger partial charge is 0.460 e. The highest BCUT2D eigenvalue weighted by Gasteiger charge is 2.38. The Balaban J connectivity index is 2.12. The van der Waals surface area contributed by atoms with Gasteiger partial charge in [0.05, 0.1) is 23.5 Å². The fourth-order valence-corrected chi connectivity index (χ4v) is 2.09. The topological polar surface area (TPSA) is 108 Å². The molecular formula is C17H20N4O3. The number of para-hydroxylation sites is 2. The molecule has 1 unspecified atom stereocenters. The Morgan fingerprint density at radius 3 is 2.54 bits per heavy atom. The van der Waals surface area contributed by atoms with E-state index in [2.05, 4.69) is 15.3 Å². The second kappa shape index (κ2) is 6.32. The number of nitrogens with one attached hydrogen (secondary N) is 2. The predicted molar refractivity (Wildman–Crippen MR) is 88.9 cm³/mol. The number of hydrogen-bond acceptors (Lipinski definition) is 5. The highest BCUT2D eigenvalue weighted by Crippen LogP contribution is 2.25. The zero-order valence-corrected chi connectivity index (χ0v) is 14.1. The third-order valence-electron chi connectivity index (χ3n) is 3.29. The number of amides is 1. The number of nitriles is 1. The van der Waals surface area contributed by atoms with Crippen LogP contribution in [0.4, 0.5) is 5.95 Å². The van der Waals surface area contributed by atoms with Gasteiger partial charge in [-0.1, -0.05) is 12.1 Å². The zero-order chi connectivity index (χ0) is 18.0. The van der Waals surface area contributed by atoms with Crippen LogP contribution in [0.3, 0.4) is 0 Å². The first-order valence-corrected chi connectivity index (χ1v) is 7.52. The number of esters is 1. The highest BCUT2D eigenvalue weighted by molar-refractivity contribution is 5.99. The lowest BCUT2D eigenvalue weighted by Crippen LogP contribution is -2.36. The van der Waals surface area contributed by atoms with Crippen LogP contribution in [0.2, 0.25) is 0 Å². The molecule has 1 aromatic heterocycles. The van der Waals surface area contributed by atoms with Crippen LogP contribution in [0.5, 0.6) is 0 Å². The van der Waals surface area contributed by atoms with Crippen LogP contribution in [0, 0.1) is 16.7 Å². The van der Waals surface area contributed by atoms with Crippen LogP contribution < -0.4 is 5.32 Å². The number of fused-ring (bicyclic) bond motifs is 1. The maximum atomic E-state index is 12.4. The standard InChI is InChI=1S/C17H20N4O3/c1-16(2,3)24-13(22)9-17(4,10-18)14(23)21-15-19-11-7-5-6-8-12(11)20-15/h5-8H,9H2,1-4H3,(H2,19,20,21,23). The molecule has 1 heterocycles. The molecule has 7 heteroatoms. The Kier molecular flexibility index (Phi) is 4.60. The van der Waals surface area contributed by atoms with Crippen LogP contribution in [0.25, 0.3) is 11.0 Å². The summed E-state index contributed by atoms with van der Waals surface area (Å²) in [5, 5.41) is 11.9. The number of carbonyl (C=O) groups excluding carboxylic acids is 2. The minimum atomic E-state index is -1.55. The van der Waals surface area contributed by atoms with Crippen LogP contribution in [-0.2, 0) is 14.3 Å². The molecule has 0 spiro atoms. The second-order valence-electron chi connectivity index (χ2n) is 6.76. The van der Waals surface area contributed by atoms with Gasteiger partial charge in [-0.15, -0.1) is 0 Å². The molecule has 1 amide bonds. The van der Waals surface area contributed by atoms with Gasteiger partial charge in [-0.25, -0.2) is 4.98 Å². The van der Waals surface area contributed by atoms with E-state index in [9.17, 15) is 14.9 Å². The van der Waals surface area contributed by atoms with Crippen LogP contribution >= 0.6 is 0 Å². The summed E-state index contributed by atoms with van der Waals surface area (Å²) in [5.41, 5.74) is -0.776. The van der Waals surface area contributed by atoms with Crippen LogP contribution in [-0.4, -0.2) is 27.4 Å². The molecule has 1 aromatic carbocycles. The summed E-state index contributed by atoms with van der Waals surface area (Å²) in [6.45, 7) is 6.57. The number of carbonyl (C=O) groups is 2. The van der Waals surface area contributed by atoms with Gasteiger partial charge in [0, 0.05) is 0 Å². The highest BCUT2D eigenvalue weighted by atomic mass is 16.6. The number of benzene rings is 1. The third-order valence-corrected chi connectivity index (χ3v) is 3.29. The molecule has 24 heavy (non-hydrogen) atoms. The van der Waals surface area contributed by atoms with Crippen molar-refractivity contribution in [2.75, 3.05) is 5.32 Å².